The molecule has 0 amide bonds. The molecule has 1 heterocycles. The number of likely N-dealkylation sites (N-methyl/N-ethyl adjacent to an activating group) is 1. The zero-order valence-electron chi connectivity index (χ0n) is 16.2. The fraction of sp³-hybridized carbons (Fsp3) is 0.632. The molecule has 1 aliphatic rings. The van der Waals surface area contributed by atoms with Gasteiger partial charge in [-0.15, -0.1) is 0 Å². The maximum absolute atomic E-state index is 13.2. The van der Waals surface area contributed by atoms with Gasteiger partial charge in [-0.2, -0.15) is 0 Å². The van der Waals surface area contributed by atoms with Gasteiger partial charge < -0.3 is 20.3 Å². The van der Waals surface area contributed by atoms with Crippen LogP contribution >= 0.6 is 0 Å². The van der Waals surface area contributed by atoms with Crippen LogP contribution in [0.15, 0.2) is 29.3 Å². The molecule has 0 bridgehead atoms. The average molecular weight is 365 g/mol. The van der Waals surface area contributed by atoms with Crippen molar-refractivity contribution in [3.63, 3.8) is 0 Å². The van der Waals surface area contributed by atoms with E-state index >= 15 is 0 Å². The minimum Gasteiger partial charge on any atom is -0.489 e. The second kappa shape index (κ2) is 11.0. The monoisotopic (exact) mass is 365 g/mol. The van der Waals surface area contributed by atoms with Crippen LogP contribution in [0.4, 0.5) is 4.39 Å². The molecule has 146 valence electrons. The summed E-state index contributed by atoms with van der Waals surface area (Å²) in [5.41, 5.74) is 0. The number of guanidine groups is 1. The second-order valence-electron chi connectivity index (χ2n) is 6.54. The molecule has 2 rings (SSSR count). The Bertz CT molecular complexity index is 561. The Kier molecular flexibility index (Phi) is 8.64. The summed E-state index contributed by atoms with van der Waals surface area (Å²) in [6.45, 7) is 12.3. The van der Waals surface area contributed by atoms with E-state index in [1.165, 1.54) is 12.1 Å². The third-order valence-corrected chi connectivity index (χ3v) is 4.55. The summed E-state index contributed by atoms with van der Waals surface area (Å²) in [5.74, 6) is 1.00. The zero-order valence-corrected chi connectivity index (χ0v) is 16.2. The summed E-state index contributed by atoms with van der Waals surface area (Å²) in [7, 11) is 1.76. The highest BCUT2D eigenvalue weighted by Gasteiger charge is 2.14. The lowest BCUT2D eigenvalue weighted by molar-refractivity contribution is 0.139. The van der Waals surface area contributed by atoms with Crippen molar-refractivity contribution in [3.05, 3.63) is 30.1 Å². The Balaban J connectivity index is 1.63. The molecule has 26 heavy (non-hydrogen) atoms. The van der Waals surface area contributed by atoms with Crippen molar-refractivity contribution in [1.82, 2.24) is 20.4 Å². The van der Waals surface area contributed by atoms with Gasteiger partial charge in [-0.3, -0.25) is 9.89 Å². The number of nitrogens with one attached hydrogen (secondary N) is 2. The molecule has 0 radical (unpaired) electrons. The number of rotatable bonds is 8. The number of halogens is 1. The van der Waals surface area contributed by atoms with Crippen LogP contribution in [0.1, 0.15) is 13.8 Å². The Morgan fingerprint density at radius 3 is 2.62 bits per heavy atom. The van der Waals surface area contributed by atoms with Gasteiger partial charge in [0, 0.05) is 52.4 Å². The topological polar surface area (TPSA) is 52.1 Å². The molecule has 0 spiro atoms. The molecule has 1 aliphatic heterocycles. The molecule has 0 aliphatic carbocycles. The van der Waals surface area contributed by atoms with E-state index in [0.29, 0.717) is 12.3 Å². The van der Waals surface area contributed by atoms with Crippen molar-refractivity contribution in [2.75, 3.05) is 59.4 Å². The molecule has 7 heteroatoms. The molecule has 6 nitrogen and oxygen atoms in total. The average Bonchev–Trinajstić information content (AvgIpc) is 2.65. The predicted molar refractivity (Wildman–Crippen MR) is 104 cm³/mol. The standard InChI is InChI=1S/C19H32FN5O/c1-4-24-10-12-25(13-11-24)9-8-22-19(21-3)23-15-16(2)26-18-7-5-6-17(20)14-18/h5-7,14,16H,4,8-13,15H2,1-3H3,(H2,21,22,23). The van der Waals surface area contributed by atoms with Gasteiger partial charge in [0.2, 0.25) is 0 Å². The number of nitrogens with zero attached hydrogens (tertiary/aromatic N) is 3. The largest absolute Gasteiger partial charge is 0.489 e. The summed E-state index contributed by atoms with van der Waals surface area (Å²) in [6.07, 6.45) is -0.0996. The lowest BCUT2D eigenvalue weighted by atomic mass is 10.3. The molecule has 1 fully saturated rings. The van der Waals surface area contributed by atoms with Gasteiger partial charge in [0.25, 0.3) is 0 Å². The van der Waals surface area contributed by atoms with E-state index < -0.39 is 0 Å². The van der Waals surface area contributed by atoms with E-state index in [0.717, 1.165) is 51.8 Å². The van der Waals surface area contributed by atoms with Crippen LogP contribution in [0, 0.1) is 5.82 Å². The van der Waals surface area contributed by atoms with Crippen molar-refractivity contribution >= 4 is 5.96 Å². The van der Waals surface area contributed by atoms with Crippen LogP contribution in [0.25, 0.3) is 0 Å². The maximum atomic E-state index is 13.2. The summed E-state index contributed by atoms with van der Waals surface area (Å²) >= 11 is 0. The molecule has 1 saturated heterocycles. The first-order valence-corrected chi connectivity index (χ1v) is 9.42. The van der Waals surface area contributed by atoms with E-state index in [-0.39, 0.29) is 11.9 Å². The second-order valence-corrected chi connectivity index (χ2v) is 6.54. The van der Waals surface area contributed by atoms with Crippen molar-refractivity contribution in [2.24, 2.45) is 4.99 Å². The Morgan fingerprint density at radius 1 is 1.23 bits per heavy atom. The van der Waals surface area contributed by atoms with E-state index in [1.807, 2.05) is 6.92 Å². The van der Waals surface area contributed by atoms with Gasteiger partial charge in [0.15, 0.2) is 5.96 Å². The molecule has 1 unspecified atom stereocenters. The highest BCUT2D eigenvalue weighted by molar-refractivity contribution is 5.79. The van der Waals surface area contributed by atoms with Crippen LogP contribution in [-0.2, 0) is 0 Å². The van der Waals surface area contributed by atoms with Gasteiger partial charge in [-0.25, -0.2) is 4.39 Å². The minimum absolute atomic E-state index is 0.0996. The van der Waals surface area contributed by atoms with E-state index in [4.69, 9.17) is 4.74 Å². The summed E-state index contributed by atoms with van der Waals surface area (Å²) in [6, 6.07) is 6.20. The van der Waals surface area contributed by atoms with Crippen LogP contribution in [-0.4, -0.2) is 81.3 Å². The van der Waals surface area contributed by atoms with Crippen molar-refractivity contribution in [3.8, 4) is 5.75 Å². The smallest absolute Gasteiger partial charge is 0.191 e. The lowest BCUT2D eigenvalue weighted by Gasteiger charge is -2.34. The van der Waals surface area contributed by atoms with Crippen molar-refractivity contribution < 1.29 is 9.13 Å². The van der Waals surface area contributed by atoms with E-state index in [1.54, 1.807) is 19.2 Å². The minimum atomic E-state index is -0.292. The summed E-state index contributed by atoms with van der Waals surface area (Å²) in [5, 5.41) is 6.59. The fourth-order valence-electron chi connectivity index (χ4n) is 2.94. The predicted octanol–water partition coefficient (Wildman–Crippen LogP) is 1.40. The third kappa shape index (κ3) is 7.17. The molecule has 1 atom stereocenters. The van der Waals surface area contributed by atoms with Crippen LogP contribution in [0.3, 0.4) is 0 Å². The van der Waals surface area contributed by atoms with Gasteiger partial charge >= 0.3 is 0 Å². The number of aliphatic imine (C=N–C) groups is 1. The number of benzene rings is 1. The van der Waals surface area contributed by atoms with Gasteiger partial charge in [-0.05, 0) is 25.6 Å². The highest BCUT2D eigenvalue weighted by atomic mass is 19.1. The molecule has 2 N–H and O–H groups in total. The van der Waals surface area contributed by atoms with Crippen molar-refractivity contribution in [2.45, 2.75) is 20.0 Å². The number of hydrogen-bond donors (Lipinski definition) is 2. The molecule has 0 aromatic heterocycles. The number of hydrogen-bond acceptors (Lipinski definition) is 4. The molecule has 1 aromatic carbocycles. The Morgan fingerprint density at radius 2 is 1.96 bits per heavy atom. The molecular weight excluding hydrogens is 333 g/mol. The lowest BCUT2D eigenvalue weighted by Crippen LogP contribution is -2.49. The van der Waals surface area contributed by atoms with Gasteiger partial charge in [0.1, 0.15) is 17.7 Å². The normalized spacial score (nSPS) is 17.8. The molecular formula is C19H32FN5O. The number of ether oxygens (including phenoxy) is 1. The van der Waals surface area contributed by atoms with Gasteiger partial charge in [-0.1, -0.05) is 13.0 Å². The summed E-state index contributed by atoms with van der Waals surface area (Å²) < 4.78 is 18.9. The first kappa shape index (κ1) is 20.5. The summed E-state index contributed by atoms with van der Waals surface area (Å²) in [4.78, 5) is 9.19. The van der Waals surface area contributed by atoms with Crippen LogP contribution in [0.2, 0.25) is 0 Å². The number of piperazine rings is 1. The zero-order chi connectivity index (χ0) is 18.8. The van der Waals surface area contributed by atoms with E-state index in [9.17, 15) is 4.39 Å². The highest BCUT2D eigenvalue weighted by Crippen LogP contribution is 2.13. The first-order valence-electron chi connectivity index (χ1n) is 9.42. The fourth-order valence-corrected chi connectivity index (χ4v) is 2.94. The SMILES string of the molecule is CCN1CCN(CCNC(=NC)NCC(C)Oc2cccc(F)c2)CC1. The maximum Gasteiger partial charge on any atom is 0.191 e. The third-order valence-electron chi connectivity index (χ3n) is 4.55. The van der Waals surface area contributed by atoms with E-state index in [2.05, 4.69) is 32.3 Å². The van der Waals surface area contributed by atoms with Crippen LogP contribution in [0.5, 0.6) is 5.75 Å². The van der Waals surface area contributed by atoms with Crippen LogP contribution < -0.4 is 15.4 Å². The molecule has 0 saturated carbocycles. The quantitative estimate of drug-likeness (QED) is 0.539. The first-order chi connectivity index (χ1) is 12.6. The Labute approximate surface area is 156 Å². The van der Waals surface area contributed by atoms with Gasteiger partial charge in [0.05, 0.1) is 6.54 Å². The Hall–Kier alpha value is -1.86. The molecule has 1 aromatic rings. The van der Waals surface area contributed by atoms with Crippen molar-refractivity contribution in [1.29, 1.82) is 0 Å².